The van der Waals surface area contributed by atoms with Gasteiger partial charge in [0.25, 0.3) is 0 Å². The highest BCUT2D eigenvalue weighted by Crippen LogP contribution is 2.73. The Morgan fingerprint density at radius 3 is 2.40 bits per heavy atom. The van der Waals surface area contributed by atoms with Crippen molar-refractivity contribution in [3.63, 3.8) is 0 Å². The summed E-state index contributed by atoms with van der Waals surface area (Å²) in [6.07, 6.45) is 10.4. The largest absolute Gasteiger partial charge is 0.458 e. The summed E-state index contributed by atoms with van der Waals surface area (Å²) in [6.45, 7) is 17.9. The van der Waals surface area contributed by atoms with Gasteiger partial charge in [-0.3, -0.25) is 4.79 Å². The van der Waals surface area contributed by atoms with Gasteiger partial charge in [-0.05, 0) is 112 Å². The molecule has 0 aromatic heterocycles. The molecule has 5 nitrogen and oxygen atoms in total. The summed E-state index contributed by atoms with van der Waals surface area (Å²) < 4.78 is 19.9. The van der Waals surface area contributed by atoms with Crippen LogP contribution in [-0.2, 0) is 23.5 Å². The molecule has 2 unspecified atom stereocenters. The van der Waals surface area contributed by atoms with Gasteiger partial charge in [0, 0.05) is 12.0 Å². The Morgan fingerprint density at radius 1 is 1.05 bits per heavy atom. The number of carbonyl (C=O) groups is 2. The number of hydrogen-bond acceptors (Lipinski definition) is 5. The number of cyclic esters (lactones) is 1. The highest BCUT2D eigenvalue weighted by atomic mass is 28.4. The first-order chi connectivity index (χ1) is 18.9. The number of carbonyl (C=O) groups excluding carboxylic acids is 2. The zero-order chi connectivity index (χ0) is 28.8. The average molecular weight is 569 g/mol. The summed E-state index contributed by atoms with van der Waals surface area (Å²) >= 11 is 0. The van der Waals surface area contributed by atoms with Crippen LogP contribution in [-0.4, -0.2) is 44.0 Å². The minimum Gasteiger partial charge on any atom is -0.458 e. The van der Waals surface area contributed by atoms with Gasteiger partial charge in [0.1, 0.15) is 11.7 Å². The third kappa shape index (κ3) is 3.70. The van der Waals surface area contributed by atoms with Crippen molar-refractivity contribution in [1.82, 2.24) is 0 Å². The lowest BCUT2D eigenvalue weighted by molar-refractivity contribution is -0.155. The summed E-state index contributed by atoms with van der Waals surface area (Å²) in [5, 5.41) is 0. The van der Waals surface area contributed by atoms with Gasteiger partial charge in [0.15, 0.2) is 14.1 Å². The number of epoxide rings is 1. The van der Waals surface area contributed by atoms with Crippen molar-refractivity contribution in [3.8, 4) is 0 Å². The molecule has 1 spiro atoms. The van der Waals surface area contributed by atoms with Gasteiger partial charge in [0.2, 0.25) is 0 Å². The fourth-order valence-corrected chi connectivity index (χ4v) is 13.7. The summed E-state index contributed by atoms with van der Waals surface area (Å²) in [5.41, 5.74) is 1.18. The van der Waals surface area contributed by atoms with Gasteiger partial charge < -0.3 is 13.9 Å². The summed E-state index contributed by atoms with van der Waals surface area (Å²) in [6, 6.07) is 3.31. The lowest BCUT2D eigenvalue weighted by Gasteiger charge is -2.59. The lowest BCUT2D eigenvalue weighted by Crippen LogP contribution is -2.65. The molecule has 0 amide bonds. The molecule has 2 aliphatic heterocycles. The van der Waals surface area contributed by atoms with Crippen LogP contribution in [0.3, 0.4) is 0 Å². The Kier molecular flexibility index (Phi) is 6.95. The van der Waals surface area contributed by atoms with Gasteiger partial charge >= 0.3 is 5.97 Å². The van der Waals surface area contributed by atoms with Crippen molar-refractivity contribution >= 4 is 20.1 Å². The van der Waals surface area contributed by atoms with E-state index in [4.69, 9.17) is 13.9 Å². The normalized spacial score (nSPS) is 46.8. The number of ether oxygens (including phenoxy) is 2. The fraction of sp³-hybridized carbons (Fsp3) is 0.824. The molecule has 4 fully saturated rings. The topological polar surface area (TPSA) is 65.1 Å². The first-order valence-electron chi connectivity index (χ1n) is 16.4. The highest BCUT2D eigenvalue weighted by Gasteiger charge is 2.80. The van der Waals surface area contributed by atoms with Crippen LogP contribution in [0.25, 0.3) is 0 Å². The minimum absolute atomic E-state index is 0.0270. The second kappa shape index (κ2) is 9.64. The third-order valence-corrected chi connectivity index (χ3v) is 18.5. The van der Waals surface area contributed by atoms with Crippen molar-refractivity contribution in [2.75, 3.05) is 0 Å². The van der Waals surface area contributed by atoms with Crippen LogP contribution in [0.1, 0.15) is 93.9 Å². The van der Waals surface area contributed by atoms with Gasteiger partial charge in [-0.2, -0.15) is 0 Å². The maximum atomic E-state index is 13.9. The second-order valence-corrected chi connectivity index (χ2v) is 19.6. The number of allylic oxidation sites excluding steroid dienone is 1. The molecule has 0 radical (unpaired) electrons. The number of hydrogen-bond donors (Lipinski definition) is 0. The maximum Gasteiger partial charge on any atom is 0.333 e. The van der Waals surface area contributed by atoms with E-state index in [1.165, 1.54) is 18.4 Å². The molecule has 222 valence electrons. The van der Waals surface area contributed by atoms with Gasteiger partial charge in [0.05, 0.1) is 17.6 Å². The van der Waals surface area contributed by atoms with E-state index >= 15 is 0 Å². The molecule has 3 saturated carbocycles. The van der Waals surface area contributed by atoms with Crippen molar-refractivity contribution in [1.29, 1.82) is 0 Å². The second-order valence-electron chi connectivity index (χ2n) is 14.9. The Morgan fingerprint density at radius 2 is 1.75 bits per heavy atom. The zero-order valence-electron chi connectivity index (χ0n) is 26.2. The molecule has 0 bridgehead atoms. The van der Waals surface area contributed by atoms with E-state index in [-0.39, 0.29) is 35.5 Å². The predicted molar refractivity (Wildman–Crippen MR) is 159 cm³/mol. The average Bonchev–Trinajstić information content (AvgIpc) is 3.57. The third-order valence-electron chi connectivity index (χ3n) is 13.9. The molecule has 6 rings (SSSR count). The quantitative estimate of drug-likeness (QED) is 0.182. The van der Waals surface area contributed by atoms with E-state index in [9.17, 15) is 9.59 Å². The molecule has 40 heavy (non-hydrogen) atoms. The summed E-state index contributed by atoms with van der Waals surface area (Å²) in [5.74, 6) is 2.42. The molecule has 1 saturated heterocycles. The molecule has 0 aromatic rings. The van der Waals surface area contributed by atoms with Crippen molar-refractivity contribution in [2.24, 2.45) is 40.4 Å². The van der Waals surface area contributed by atoms with Crippen LogP contribution < -0.4 is 0 Å². The molecule has 0 aromatic carbocycles. The van der Waals surface area contributed by atoms with Gasteiger partial charge in [-0.25, -0.2) is 4.79 Å². The van der Waals surface area contributed by atoms with E-state index in [1.807, 2.05) is 13.0 Å². The standard InChI is InChI=1S/C34H52O5Si/c1-9-40(10-2,11-3)39-29-15-14-28(35)33(8)26-16-17-32(7)24(22(6)27-18-20(4)21(5)31(36)37-27)12-13-25(32)23(26)19-30-34(29,33)38-30/h14-15,22-27,29-30H,9-13,16-19H2,1-8H3/t22-,23-,24+,25-,26-,27?,29-,30?,32+,33-,34+/m0/s1. The molecule has 6 heteroatoms. The molecule has 2 heterocycles. The highest BCUT2D eigenvalue weighted by molar-refractivity contribution is 6.73. The molecular weight excluding hydrogens is 516 g/mol. The van der Waals surface area contributed by atoms with E-state index in [0.717, 1.165) is 49.4 Å². The molecular formula is C34H52O5Si. The summed E-state index contributed by atoms with van der Waals surface area (Å²) in [7, 11) is -1.87. The number of rotatable bonds is 7. The van der Waals surface area contributed by atoms with E-state index in [0.29, 0.717) is 29.6 Å². The minimum atomic E-state index is -1.87. The first-order valence-corrected chi connectivity index (χ1v) is 18.9. The van der Waals surface area contributed by atoms with Crippen LogP contribution in [0.15, 0.2) is 23.3 Å². The Bertz CT molecular complexity index is 1130. The van der Waals surface area contributed by atoms with Crippen LogP contribution >= 0.6 is 0 Å². The van der Waals surface area contributed by atoms with Gasteiger partial charge in [-0.1, -0.05) is 46.3 Å². The van der Waals surface area contributed by atoms with Crippen LogP contribution in [0, 0.1) is 40.4 Å². The molecule has 4 aliphatic carbocycles. The smallest absolute Gasteiger partial charge is 0.333 e. The number of esters is 1. The van der Waals surface area contributed by atoms with E-state index in [2.05, 4.69) is 54.5 Å². The maximum absolute atomic E-state index is 13.9. The van der Waals surface area contributed by atoms with Crippen LogP contribution in [0.4, 0.5) is 0 Å². The Labute approximate surface area is 243 Å². The van der Waals surface area contributed by atoms with Crippen molar-refractivity contribution in [2.45, 2.75) is 136 Å². The lowest BCUT2D eigenvalue weighted by atomic mass is 9.44. The fourth-order valence-electron chi connectivity index (χ4n) is 10.9. The first kappa shape index (κ1) is 28.9. The van der Waals surface area contributed by atoms with E-state index < -0.39 is 19.3 Å². The molecule has 6 aliphatic rings. The molecule has 0 N–H and O–H groups in total. The predicted octanol–water partition coefficient (Wildman–Crippen LogP) is 7.41. The SMILES string of the molecule is CC[Si](CC)(CC)O[C@H]1C=CC(=O)[C@]2(C)[C@H]3CC[C@]4(C)[C@@H]([C@H](C)C5CC(C)=C(C)C(=O)O5)CC[C@H]4[C@@H]3CC3O[C@@]312. The number of fused-ring (bicyclic) bond motifs is 4. The monoisotopic (exact) mass is 568 g/mol. The number of ketones is 1. The Hall–Kier alpha value is -1.24. The van der Waals surface area contributed by atoms with Crippen molar-refractivity contribution in [3.05, 3.63) is 23.3 Å². The Balaban J connectivity index is 1.27. The van der Waals surface area contributed by atoms with Crippen molar-refractivity contribution < 1.29 is 23.5 Å². The molecule has 11 atom stereocenters. The summed E-state index contributed by atoms with van der Waals surface area (Å²) in [4.78, 5) is 26.5. The van der Waals surface area contributed by atoms with Crippen LogP contribution in [0.5, 0.6) is 0 Å². The van der Waals surface area contributed by atoms with E-state index in [1.54, 1.807) is 0 Å². The van der Waals surface area contributed by atoms with Gasteiger partial charge in [-0.15, -0.1) is 0 Å². The van der Waals surface area contributed by atoms with Crippen LogP contribution in [0.2, 0.25) is 18.1 Å². The zero-order valence-corrected chi connectivity index (χ0v) is 27.2.